The number of ether oxygens (including phenoxy) is 2. The molecule has 1 aromatic carbocycles. The Hall–Kier alpha value is -2.76. The first-order valence-corrected chi connectivity index (χ1v) is 8.20. The maximum Gasteiger partial charge on any atom is 0.251 e. The van der Waals surface area contributed by atoms with Gasteiger partial charge in [0.25, 0.3) is 5.91 Å². The number of anilines is 1. The zero-order valence-electron chi connectivity index (χ0n) is 15.3. The molecule has 0 aliphatic carbocycles. The van der Waals surface area contributed by atoms with Gasteiger partial charge in [0.1, 0.15) is 5.82 Å². The van der Waals surface area contributed by atoms with Gasteiger partial charge in [0.2, 0.25) is 0 Å². The van der Waals surface area contributed by atoms with Crippen LogP contribution in [-0.2, 0) is 0 Å². The number of rotatable bonds is 7. The van der Waals surface area contributed by atoms with Gasteiger partial charge in [-0.3, -0.25) is 4.79 Å². The Kier molecular flexibility index (Phi) is 6.22. The van der Waals surface area contributed by atoms with Gasteiger partial charge in [-0.05, 0) is 50.6 Å². The number of hydrogen-bond acceptors (Lipinski definition) is 5. The Labute approximate surface area is 148 Å². The fraction of sp³-hybridized carbons (Fsp3) is 0.368. The van der Waals surface area contributed by atoms with E-state index in [0.717, 1.165) is 5.56 Å². The zero-order chi connectivity index (χ0) is 18.4. The first-order valence-electron chi connectivity index (χ1n) is 8.20. The van der Waals surface area contributed by atoms with E-state index >= 15 is 0 Å². The molecule has 25 heavy (non-hydrogen) atoms. The molecule has 1 heterocycles. The molecule has 1 unspecified atom stereocenters. The highest BCUT2D eigenvalue weighted by atomic mass is 16.5. The second kappa shape index (κ2) is 8.37. The van der Waals surface area contributed by atoms with Crippen LogP contribution in [0.2, 0.25) is 0 Å². The molecule has 6 heteroatoms. The molecule has 134 valence electrons. The Morgan fingerprint density at radius 3 is 2.40 bits per heavy atom. The van der Waals surface area contributed by atoms with Gasteiger partial charge in [0, 0.05) is 17.8 Å². The van der Waals surface area contributed by atoms with Crippen molar-refractivity contribution in [2.45, 2.75) is 32.9 Å². The number of nitrogens with one attached hydrogen (secondary N) is 2. The number of benzene rings is 1. The van der Waals surface area contributed by atoms with Crippen molar-refractivity contribution in [3.63, 3.8) is 0 Å². The van der Waals surface area contributed by atoms with Crippen molar-refractivity contribution in [1.29, 1.82) is 0 Å². The molecular formula is C19H25N3O3. The van der Waals surface area contributed by atoms with Gasteiger partial charge in [-0.2, -0.15) is 0 Å². The normalized spacial score (nSPS) is 11.8. The predicted molar refractivity (Wildman–Crippen MR) is 98.4 cm³/mol. The largest absolute Gasteiger partial charge is 0.493 e. The second-order valence-electron chi connectivity index (χ2n) is 6.04. The van der Waals surface area contributed by atoms with Gasteiger partial charge in [-0.15, -0.1) is 0 Å². The lowest BCUT2D eigenvalue weighted by Gasteiger charge is -2.17. The number of pyridine rings is 1. The number of amides is 1. The van der Waals surface area contributed by atoms with Crippen molar-refractivity contribution in [1.82, 2.24) is 10.3 Å². The second-order valence-corrected chi connectivity index (χ2v) is 6.04. The van der Waals surface area contributed by atoms with Crippen molar-refractivity contribution in [3.8, 4) is 11.5 Å². The monoisotopic (exact) mass is 343 g/mol. The molecule has 0 bridgehead atoms. The van der Waals surface area contributed by atoms with Crippen molar-refractivity contribution < 1.29 is 14.3 Å². The lowest BCUT2D eigenvalue weighted by molar-refractivity contribution is 0.0939. The molecular weight excluding hydrogens is 318 g/mol. The molecule has 6 nitrogen and oxygen atoms in total. The number of carbonyl (C=O) groups is 1. The summed E-state index contributed by atoms with van der Waals surface area (Å²) in [5.41, 5.74) is 1.49. The van der Waals surface area contributed by atoms with E-state index in [1.807, 2.05) is 39.0 Å². The first-order chi connectivity index (χ1) is 11.9. The van der Waals surface area contributed by atoms with Gasteiger partial charge in [0.15, 0.2) is 11.5 Å². The zero-order valence-corrected chi connectivity index (χ0v) is 15.3. The number of hydrogen-bond donors (Lipinski definition) is 2. The SMILES string of the molecule is COc1ccc(C(C)NC(=O)c2ccnc(NC(C)C)c2)cc1OC. The van der Waals surface area contributed by atoms with E-state index in [4.69, 9.17) is 9.47 Å². The van der Waals surface area contributed by atoms with E-state index in [-0.39, 0.29) is 18.0 Å². The molecule has 0 saturated heterocycles. The summed E-state index contributed by atoms with van der Waals surface area (Å²) in [6, 6.07) is 9.11. The third-order valence-corrected chi connectivity index (χ3v) is 3.71. The van der Waals surface area contributed by atoms with Gasteiger partial charge in [-0.1, -0.05) is 6.07 Å². The van der Waals surface area contributed by atoms with E-state index in [1.165, 1.54) is 0 Å². The topological polar surface area (TPSA) is 72.5 Å². The summed E-state index contributed by atoms with van der Waals surface area (Å²) in [4.78, 5) is 16.7. The molecule has 0 radical (unpaired) electrons. The van der Waals surface area contributed by atoms with E-state index in [2.05, 4.69) is 15.6 Å². The number of nitrogens with zero attached hydrogens (tertiary/aromatic N) is 1. The molecule has 2 aromatic rings. The lowest BCUT2D eigenvalue weighted by atomic mass is 10.1. The number of aromatic nitrogens is 1. The molecule has 0 aliphatic rings. The fourth-order valence-corrected chi connectivity index (χ4v) is 2.43. The minimum atomic E-state index is -0.179. The number of methoxy groups -OCH3 is 2. The van der Waals surface area contributed by atoms with Crippen molar-refractivity contribution in [3.05, 3.63) is 47.7 Å². The van der Waals surface area contributed by atoms with E-state index in [1.54, 1.807) is 32.5 Å². The first kappa shape index (κ1) is 18.6. The average Bonchev–Trinajstić information content (AvgIpc) is 2.60. The fourth-order valence-electron chi connectivity index (χ4n) is 2.43. The highest BCUT2D eigenvalue weighted by molar-refractivity contribution is 5.95. The van der Waals surface area contributed by atoms with Crippen LogP contribution >= 0.6 is 0 Å². The lowest BCUT2D eigenvalue weighted by Crippen LogP contribution is -2.27. The van der Waals surface area contributed by atoms with Crippen LogP contribution < -0.4 is 20.1 Å². The Morgan fingerprint density at radius 2 is 1.76 bits per heavy atom. The van der Waals surface area contributed by atoms with Crippen LogP contribution in [-0.4, -0.2) is 31.2 Å². The van der Waals surface area contributed by atoms with Crippen LogP contribution in [0.3, 0.4) is 0 Å². The standard InChI is InChI=1S/C19H25N3O3/c1-12(2)21-18-11-15(8-9-20-18)19(23)22-13(3)14-6-7-16(24-4)17(10-14)25-5/h6-13H,1-5H3,(H,20,21)(H,22,23). The summed E-state index contributed by atoms with van der Waals surface area (Å²) >= 11 is 0. The molecule has 0 fully saturated rings. The van der Waals surface area contributed by atoms with Crippen LogP contribution in [0.1, 0.15) is 42.7 Å². The molecule has 2 N–H and O–H groups in total. The molecule has 0 saturated carbocycles. The molecule has 1 aromatic heterocycles. The van der Waals surface area contributed by atoms with Crippen LogP contribution in [0, 0.1) is 0 Å². The van der Waals surface area contributed by atoms with Crippen LogP contribution in [0.15, 0.2) is 36.5 Å². The maximum absolute atomic E-state index is 12.5. The third kappa shape index (κ3) is 4.86. The minimum absolute atomic E-state index is 0.156. The third-order valence-electron chi connectivity index (χ3n) is 3.71. The van der Waals surface area contributed by atoms with Gasteiger partial charge >= 0.3 is 0 Å². The smallest absolute Gasteiger partial charge is 0.251 e. The van der Waals surface area contributed by atoms with Gasteiger partial charge < -0.3 is 20.1 Å². The summed E-state index contributed by atoms with van der Waals surface area (Å²) in [5, 5.41) is 6.18. The summed E-state index contributed by atoms with van der Waals surface area (Å²) in [5.74, 6) is 1.81. The maximum atomic E-state index is 12.5. The predicted octanol–water partition coefficient (Wildman–Crippen LogP) is 3.41. The van der Waals surface area contributed by atoms with Crippen molar-refractivity contribution >= 4 is 11.7 Å². The minimum Gasteiger partial charge on any atom is -0.493 e. The molecule has 1 amide bonds. The summed E-state index contributed by atoms with van der Waals surface area (Å²) in [6.07, 6.45) is 1.63. The van der Waals surface area contributed by atoms with Crippen LogP contribution in [0.4, 0.5) is 5.82 Å². The van der Waals surface area contributed by atoms with E-state index in [0.29, 0.717) is 22.9 Å². The van der Waals surface area contributed by atoms with Crippen molar-refractivity contribution in [2.75, 3.05) is 19.5 Å². The molecule has 0 aliphatic heterocycles. The van der Waals surface area contributed by atoms with Gasteiger partial charge in [-0.25, -0.2) is 4.98 Å². The Bertz CT molecular complexity index is 732. The summed E-state index contributed by atoms with van der Waals surface area (Å²) in [7, 11) is 3.18. The molecule has 0 spiro atoms. The Morgan fingerprint density at radius 1 is 1.04 bits per heavy atom. The van der Waals surface area contributed by atoms with E-state index in [9.17, 15) is 4.79 Å². The Balaban J connectivity index is 2.12. The average molecular weight is 343 g/mol. The van der Waals surface area contributed by atoms with Crippen LogP contribution in [0.25, 0.3) is 0 Å². The van der Waals surface area contributed by atoms with E-state index < -0.39 is 0 Å². The van der Waals surface area contributed by atoms with Gasteiger partial charge in [0.05, 0.1) is 20.3 Å². The summed E-state index contributed by atoms with van der Waals surface area (Å²) < 4.78 is 10.6. The molecule has 1 atom stereocenters. The van der Waals surface area contributed by atoms with Crippen LogP contribution in [0.5, 0.6) is 11.5 Å². The quantitative estimate of drug-likeness (QED) is 0.806. The van der Waals surface area contributed by atoms with Crippen molar-refractivity contribution in [2.24, 2.45) is 0 Å². The summed E-state index contributed by atoms with van der Waals surface area (Å²) in [6.45, 7) is 5.97. The molecule has 2 rings (SSSR count). The highest BCUT2D eigenvalue weighted by Gasteiger charge is 2.14. The number of carbonyl (C=O) groups excluding carboxylic acids is 1. The highest BCUT2D eigenvalue weighted by Crippen LogP contribution is 2.30.